The van der Waals surface area contributed by atoms with Crippen molar-refractivity contribution < 1.29 is 9.18 Å². The van der Waals surface area contributed by atoms with Crippen molar-refractivity contribution in [1.29, 1.82) is 0 Å². The minimum atomic E-state index is -0.611. The molecule has 1 aromatic heterocycles. The highest BCUT2D eigenvalue weighted by molar-refractivity contribution is 7.11. The molecule has 0 spiro atoms. The fourth-order valence-electron chi connectivity index (χ4n) is 1.90. The molecule has 3 nitrogen and oxygen atoms in total. The maximum absolute atomic E-state index is 13.6. The third-order valence-electron chi connectivity index (χ3n) is 2.83. The van der Waals surface area contributed by atoms with Crippen LogP contribution < -0.4 is 5.32 Å². The maximum Gasteiger partial charge on any atom is 0.255 e. The second kappa shape index (κ2) is 6.33. The third kappa shape index (κ3) is 3.35. The van der Waals surface area contributed by atoms with Crippen molar-refractivity contribution in [3.05, 3.63) is 50.2 Å². The largest absolute Gasteiger partial charge is 0.352 e. The van der Waals surface area contributed by atoms with Crippen molar-refractivity contribution >= 4 is 28.8 Å². The fourth-order valence-corrected chi connectivity index (χ4v) is 3.08. The van der Waals surface area contributed by atoms with Crippen molar-refractivity contribution in [2.75, 3.05) is 6.54 Å². The summed E-state index contributed by atoms with van der Waals surface area (Å²) in [6.45, 7) is 4.30. The van der Waals surface area contributed by atoms with Crippen LogP contribution in [0, 0.1) is 19.7 Å². The first-order chi connectivity index (χ1) is 9.49. The molecule has 1 aromatic carbocycles. The number of rotatable bonds is 4. The van der Waals surface area contributed by atoms with Crippen LogP contribution in [0.25, 0.3) is 0 Å². The smallest absolute Gasteiger partial charge is 0.255 e. The Balaban J connectivity index is 1.98. The van der Waals surface area contributed by atoms with E-state index in [9.17, 15) is 9.18 Å². The van der Waals surface area contributed by atoms with Gasteiger partial charge in [-0.2, -0.15) is 0 Å². The summed E-state index contributed by atoms with van der Waals surface area (Å²) in [6.07, 6.45) is 0.676. The molecule has 106 valence electrons. The van der Waals surface area contributed by atoms with Crippen LogP contribution in [0.15, 0.2) is 18.2 Å². The zero-order valence-electron chi connectivity index (χ0n) is 11.2. The van der Waals surface area contributed by atoms with E-state index < -0.39 is 11.7 Å². The Bertz CT molecular complexity index is 622. The number of hydrogen-bond acceptors (Lipinski definition) is 3. The number of aromatic nitrogens is 1. The van der Waals surface area contributed by atoms with Crippen LogP contribution in [-0.2, 0) is 6.42 Å². The molecule has 6 heteroatoms. The average Bonchev–Trinajstić information content (AvgIpc) is 2.68. The van der Waals surface area contributed by atoms with Gasteiger partial charge in [-0.05, 0) is 26.0 Å². The van der Waals surface area contributed by atoms with Gasteiger partial charge in [0, 0.05) is 17.8 Å². The molecule has 2 aromatic rings. The maximum atomic E-state index is 13.6. The normalized spacial score (nSPS) is 10.6. The van der Waals surface area contributed by atoms with Gasteiger partial charge in [0.05, 0.1) is 21.3 Å². The van der Waals surface area contributed by atoms with E-state index in [2.05, 4.69) is 10.3 Å². The van der Waals surface area contributed by atoms with Gasteiger partial charge in [0.25, 0.3) is 5.91 Å². The molecule has 1 heterocycles. The predicted molar refractivity (Wildman–Crippen MR) is 79.0 cm³/mol. The Morgan fingerprint density at radius 3 is 2.80 bits per heavy atom. The number of hydrogen-bond donors (Lipinski definition) is 1. The molecule has 1 N–H and O–H groups in total. The van der Waals surface area contributed by atoms with Crippen LogP contribution in [0.3, 0.4) is 0 Å². The minimum Gasteiger partial charge on any atom is -0.352 e. The molecule has 0 aliphatic rings. The number of nitrogens with zero attached hydrogens (tertiary/aromatic N) is 1. The first-order valence-corrected chi connectivity index (χ1v) is 7.33. The number of carbonyl (C=O) groups excluding carboxylic acids is 1. The highest BCUT2D eigenvalue weighted by Crippen LogP contribution is 2.19. The van der Waals surface area contributed by atoms with Crippen LogP contribution in [0.2, 0.25) is 5.02 Å². The Hall–Kier alpha value is -1.46. The Morgan fingerprint density at radius 2 is 2.20 bits per heavy atom. The predicted octanol–water partition coefficient (Wildman–Crippen LogP) is 3.52. The zero-order valence-corrected chi connectivity index (χ0v) is 12.7. The van der Waals surface area contributed by atoms with Crippen molar-refractivity contribution in [2.45, 2.75) is 20.3 Å². The summed E-state index contributed by atoms with van der Waals surface area (Å²) in [5.74, 6) is -1.10. The van der Waals surface area contributed by atoms with E-state index in [1.807, 2.05) is 13.8 Å². The molecule has 0 unspecified atom stereocenters. The summed E-state index contributed by atoms with van der Waals surface area (Å²) in [5.41, 5.74) is 0.872. The molecular formula is C14H14ClFN2OS. The molecule has 1 amide bonds. The van der Waals surface area contributed by atoms with Gasteiger partial charge in [-0.1, -0.05) is 17.7 Å². The Labute approximate surface area is 125 Å². The average molecular weight is 313 g/mol. The van der Waals surface area contributed by atoms with Crippen molar-refractivity contribution in [2.24, 2.45) is 0 Å². The van der Waals surface area contributed by atoms with E-state index in [-0.39, 0.29) is 10.6 Å². The van der Waals surface area contributed by atoms with Crippen LogP contribution in [0.5, 0.6) is 0 Å². The van der Waals surface area contributed by atoms with Gasteiger partial charge in [0.1, 0.15) is 5.82 Å². The van der Waals surface area contributed by atoms with E-state index in [0.29, 0.717) is 13.0 Å². The molecule has 0 fully saturated rings. The number of thiazole rings is 1. The monoisotopic (exact) mass is 312 g/mol. The topological polar surface area (TPSA) is 42.0 Å². The van der Waals surface area contributed by atoms with Crippen LogP contribution in [-0.4, -0.2) is 17.4 Å². The first-order valence-electron chi connectivity index (χ1n) is 6.14. The molecule has 0 saturated carbocycles. The van der Waals surface area contributed by atoms with Crippen LogP contribution >= 0.6 is 22.9 Å². The quantitative estimate of drug-likeness (QED) is 0.938. The Morgan fingerprint density at radius 1 is 1.45 bits per heavy atom. The van der Waals surface area contributed by atoms with E-state index in [4.69, 9.17) is 11.6 Å². The van der Waals surface area contributed by atoms with Crippen LogP contribution in [0.1, 0.15) is 25.9 Å². The molecule has 2 rings (SSSR count). The first kappa shape index (κ1) is 14.9. The lowest BCUT2D eigenvalue weighted by atomic mass is 10.2. The molecule has 0 saturated heterocycles. The molecule has 0 atom stereocenters. The number of halogens is 2. The standard InChI is InChI=1S/C14H14ClFN2OS/c1-8-12(20-9(2)18-8)6-7-17-14(19)13-10(15)4-3-5-11(13)16/h3-5H,6-7H2,1-2H3,(H,17,19). The molecule has 0 radical (unpaired) electrons. The number of carbonyl (C=O) groups is 1. The van der Waals surface area contributed by atoms with Gasteiger partial charge in [-0.25, -0.2) is 9.37 Å². The summed E-state index contributed by atoms with van der Waals surface area (Å²) in [4.78, 5) is 17.4. The summed E-state index contributed by atoms with van der Waals surface area (Å²) < 4.78 is 13.6. The second-order valence-corrected chi connectivity index (χ2v) is 6.04. The summed E-state index contributed by atoms with van der Waals surface area (Å²) in [7, 11) is 0. The molecule has 0 aliphatic carbocycles. The van der Waals surface area contributed by atoms with Gasteiger partial charge in [-0.3, -0.25) is 4.79 Å². The lowest BCUT2D eigenvalue weighted by Crippen LogP contribution is -2.26. The SMILES string of the molecule is Cc1nc(C)c(CCNC(=O)c2c(F)cccc2Cl)s1. The second-order valence-electron chi connectivity index (χ2n) is 4.34. The summed E-state index contributed by atoms with van der Waals surface area (Å²) in [5, 5.41) is 3.80. The number of nitrogens with one attached hydrogen (secondary N) is 1. The van der Waals surface area contributed by atoms with Crippen LogP contribution in [0.4, 0.5) is 4.39 Å². The molecule has 0 aliphatic heterocycles. The van der Waals surface area contributed by atoms with Crippen molar-refractivity contribution in [3.8, 4) is 0 Å². The summed E-state index contributed by atoms with van der Waals surface area (Å²) in [6, 6.07) is 4.19. The van der Waals surface area contributed by atoms with Gasteiger partial charge < -0.3 is 5.32 Å². The van der Waals surface area contributed by atoms with Crippen molar-refractivity contribution in [3.63, 3.8) is 0 Å². The van der Waals surface area contributed by atoms with E-state index in [0.717, 1.165) is 15.6 Å². The Kier molecular flexibility index (Phi) is 4.73. The number of amides is 1. The lowest BCUT2D eigenvalue weighted by Gasteiger charge is -2.07. The van der Waals surface area contributed by atoms with Gasteiger partial charge in [-0.15, -0.1) is 11.3 Å². The highest BCUT2D eigenvalue weighted by Gasteiger charge is 2.15. The lowest BCUT2D eigenvalue weighted by molar-refractivity contribution is 0.0950. The zero-order chi connectivity index (χ0) is 14.7. The fraction of sp³-hybridized carbons (Fsp3) is 0.286. The van der Waals surface area contributed by atoms with Gasteiger partial charge in [0.2, 0.25) is 0 Å². The molecule has 0 bridgehead atoms. The van der Waals surface area contributed by atoms with Crippen molar-refractivity contribution in [1.82, 2.24) is 10.3 Å². The highest BCUT2D eigenvalue weighted by atomic mass is 35.5. The number of benzene rings is 1. The minimum absolute atomic E-state index is 0.105. The van der Waals surface area contributed by atoms with E-state index >= 15 is 0 Å². The third-order valence-corrected chi connectivity index (χ3v) is 4.27. The summed E-state index contributed by atoms with van der Waals surface area (Å²) >= 11 is 7.45. The number of aryl methyl sites for hydroxylation is 2. The van der Waals surface area contributed by atoms with Gasteiger partial charge in [0.15, 0.2) is 0 Å². The molecule has 20 heavy (non-hydrogen) atoms. The van der Waals surface area contributed by atoms with E-state index in [1.165, 1.54) is 18.2 Å². The van der Waals surface area contributed by atoms with E-state index in [1.54, 1.807) is 11.3 Å². The van der Waals surface area contributed by atoms with Gasteiger partial charge >= 0.3 is 0 Å². The molecular weight excluding hydrogens is 299 g/mol.